The predicted octanol–water partition coefficient (Wildman–Crippen LogP) is 6.97. The van der Waals surface area contributed by atoms with Crippen LogP contribution in [0.5, 0.6) is 0 Å². The van der Waals surface area contributed by atoms with Gasteiger partial charge in [-0.1, -0.05) is 67.1 Å². The van der Waals surface area contributed by atoms with Gasteiger partial charge < -0.3 is 0 Å². The van der Waals surface area contributed by atoms with E-state index in [0.717, 1.165) is 6.42 Å². The average Bonchev–Trinajstić information content (AvgIpc) is 2.74. The molecule has 0 N–H and O–H groups in total. The Morgan fingerprint density at radius 3 is 2.54 bits per heavy atom. The number of rotatable bonds is 2. The van der Waals surface area contributed by atoms with Gasteiger partial charge in [0.25, 0.3) is 0 Å². The molecule has 2 atom stereocenters. The van der Waals surface area contributed by atoms with Crippen LogP contribution in [0, 0.1) is 17.9 Å². The summed E-state index contributed by atoms with van der Waals surface area (Å²) in [6.07, 6.45) is 16.0. The van der Waals surface area contributed by atoms with Gasteiger partial charge in [-0.05, 0) is 52.4 Å². The third-order valence-electron chi connectivity index (χ3n) is 6.60. The highest BCUT2D eigenvalue weighted by molar-refractivity contribution is 5.96. The van der Waals surface area contributed by atoms with E-state index in [0.29, 0.717) is 11.8 Å². The molecule has 0 aromatic heterocycles. The van der Waals surface area contributed by atoms with Crippen molar-refractivity contribution in [3.63, 3.8) is 0 Å². The lowest BCUT2D eigenvalue weighted by atomic mass is 9.71. The number of hydrogen-bond donors (Lipinski definition) is 0. The summed E-state index contributed by atoms with van der Waals surface area (Å²) in [6, 6.07) is 20.0. The first-order valence-corrected chi connectivity index (χ1v) is 10.1. The first-order valence-electron chi connectivity index (χ1n) is 10.1. The van der Waals surface area contributed by atoms with Crippen molar-refractivity contribution < 1.29 is 0 Å². The Balaban J connectivity index is 1.44. The van der Waals surface area contributed by atoms with Crippen LogP contribution in [0.25, 0.3) is 34.6 Å². The molecule has 0 fully saturated rings. The Kier molecular flexibility index (Phi) is 3.33. The van der Waals surface area contributed by atoms with Crippen LogP contribution in [-0.2, 0) is 6.42 Å². The summed E-state index contributed by atoms with van der Waals surface area (Å²) in [7, 11) is 0. The van der Waals surface area contributed by atoms with Crippen molar-refractivity contribution >= 4 is 34.6 Å². The Morgan fingerprint density at radius 2 is 1.64 bits per heavy atom. The smallest absolute Gasteiger partial charge is 0.0715 e. The topological polar surface area (TPSA) is 0 Å². The van der Waals surface area contributed by atoms with Gasteiger partial charge in [-0.25, -0.2) is 0 Å². The highest BCUT2D eigenvalue weighted by atomic mass is 14.3. The van der Waals surface area contributed by atoms with E-state index >= 15 is 0 Å². The zero-order valence-electron chi connectivity index (χ0n) is 15.9. The maximum absolute atomic E-state index is 3.58. The lowest BCUT2D eigenvalue weighted by molar-refractivity contribution is 0.580. The molecule has 0 amide bonds. The van der Waals surface area contributed by atoms with E-state index in [9.17, 15) is 0 Å². The fraction of sp³-hybridized carbons (Fsp3) is 0.143. The second-order valence-electron chi connectivity index (χ2n) is 8.13. The van der Waals surface area contributed by atoms with Crippen LogP contribution in [0.1, 0.15) is 34.7 Å². The molecule has 132 valence electrons. The minimum absolute atomic E-state index is 0.370. The van der Waals surface area contributed by atoms with Crippen LogP contribution in [0.15, 0.2) is 72.3 Å². The average molecular weight is 357 g/mol. The Labute approximate surface area is 166 Å². The Hall–Kier alpha value is -3.21. The van der Waals surface area contributed by atoms with Crippen molar-refractivity contribution in [2.45, 2.75) is 13.3 Å². The van der Waals surface area contributed by atoms with Gasteiger partial charge in [0.1, 0.15) is 17.2 Å². The first-order chi connectivity index (χ1) is 13.8. The molecule has 3 aliphatic rings. The van der Waals surface area contributed by atoms with Gasteiger partial charge in [-0.3, -0.25) is 0 Å². The summed E-state index contributed by atoms with van der Waals surface area (Å²) < 4.78 is 0. The minimum atomic E-state index is 0.370. The molecule has 0 radical (unpaired) electrons. The van der Waals surface area contributed by atoms with Gasteiger partial charge >= 0.3 is 0 Å². The van der Waals surface area contributed by atoms with Gasteiger partial charge in [0, 0.05) is 17.6 Å². The van der Waals surface area contributed by atoms with Gasteiger partial charge in [0.05, 0.1) is 11.6 Å². The van der Waals surface area contributed by atoms with E-state index < -0.39 is 0 Å². The van der Waals surface area contributed by atoms with E-state index in [1.54, 1.807) is 0 Å². The second-order valence-corrected chi connectivity index (χ2v) is 8.13. The van der Waals surface area contributed by atoms with Crippen molar-refractivity contribution in [3.05, 3.63) is 106 Å². The van der Waals surface area contributed by atoms with Crippen molar-refractivity contribution in [3.8, 4) is 0 Å². The molecule has 0 nitrogen and oxygen atoms in total. The van der Waals surface area contributed by atoms with E-state index in [1.807, 2.05) is 0 Å². The summed E-state index contributed by atoms with van der Waals surface area (Å²) in [5.74, 6) is 0.810. The Morgan fingerprint density at radius 1 is 0.893 bits per heavy atom. The molecule has 28 heavy (non-hydrogen) atoms. The SMILES string of the molecule is CC(C1=Cc2cccc3cccc(c23)C1)C1C=Cc2cccc3c2C1=[C+]C=C3. The van der Waals surface area contributed by atoms with Crippen molar-refractivity contribution in [2.75, 3.05) is 0 Å². The molecule has 0 bridgehead atoms. The molecule has 3 aromatic carbocycles. The summed E-state index contributed by atoms with van der Waals surface area (Å²) in [5, 5.41) is 2.78. The van der Waals surface area contributed by atoms with E-state index in [1.165, 1.54) is 49.7 Å². The third-order valence-corrected chi connectivity index (χ3v) is 6.60. The molecule has 3 aliphatic carbocycles. The second kappa shape index (κ2) is 5.89. The zero-order chi connectivity index (χ0) is 18.7. The van der Waals surface area contributed by atoms with Crippen LogP contribution >= 0.6 is 0 Å². The van der Waals surface area contributed by atoms with Gasteiger partial charge in [0.2, 0.25) is 0 Å². The summed E-state index contributed by atoms with van der Waals surface area (Å²) in [5.41, 5.74) is 9.71. The predicted molar refractivity (Wildman–Crippen MR) is 119 cm³/mol. The number of hydrogen-bond acceptors (Lipinski definition) is 0. The monoisotopic (exact) mass is 357 g/mol. The van der Waals surface area contributed by atoms with Crippen molar-refractivity contribution in [1.82, 2.24) is 0 Å². The molecular weight excluding hydrogens is 336 g/mol. The number of benzene rings is 3. The van der Waals surface area contributed by atoms with Crippen molar-refractivity contribution in [1.29, 1.82) is 0 Å². The quantitative estimate of drug-likeness (QED) is 0.434. The molecule has 0 heterocycles. The summed E-state index contributed by atoms with van der Waals surface area (Å²) >= 11 is 0. The lowest BCUT2D eigenvalue weighted by Gasteiger charge is -2.29. The molecule has 3 aromatic rings. The standard InChI is InChI=1S/C28H21/c1-18(24-16-22-11-3-6-19-7-4-12-23(17-24)27(19)22)25-15-14-21-9-2-8-20-10-5-13-26(25)28(20)21/h2-12,14-16,18,25H,17H2,1H3/q+1. The molecular formula is C28H21+. The van der Waals surface area contributed by atoms with Crippen LogP contribution in [0.4, 0.5) is 0 Å². The lowest BCUT2D eigenvalue weighted by Crippen LogP contribution is -2.20. The van der Waals surface area contributed by atoms with Gasteiger partial charge in [-0.2, -0.15) is 0 Å². The fourth-order valence-electron chi connectivity index (χ4n) is 5.17. The maximum Gasteiger partial charge on any atom is 0.132 e. The Bertz CT molecular complexity index is 1240. The summed E-state index contributed by atoms with van der Waals surface area (Å²) in [6.45, 7) is 2.38. The van der Waals surface area contributed by atoms with Gasteiger partial charge in [-0.15, -0.1) is 0 Å². The number of allylic oxidation sites excluding steroid dienone is 5. The summed E-state index contributed by atoms with van der Waals surface area (Å²) in [4.78, 5) is 0. The van der Waals surface area contributed by atoms with Crippen LogP contribution in [0.2, 0.25) is 0 Å². The molecule has 0 spiro atoms. The molecule has 0 saturated heterocycles. The van der Waals surface area contributed by atoms with E-state index in [-0.39, 0.29) is 0 Å². The van der Waals surface area contributed by atoms with E-state index in [2.05, 4.69) is 98.0 Å². The van der Waals surface area contributed by atoms with Crippen LogP contribution in [0.3, 0.4) is 0 Å². The largest absolute Gasteiger partial charge is 0.132 e. The molecule has 0 heteroatoms. The molecule has 0 saturated carbocycles. The highest BCUT2D eigenvalue weighted by Gasteiger charge is 2.35. The fourth-order valence-corrected chi connectivity index (χ4v) is 5.17. The molecule has 2 unspecified atom stereocenters. The van der Waals surface area contributed by atoms with Crippen LogP contribution < -0.4 is 0 Å². The molecule has 0 aliphatic heterocycles. The van der Waals surface area contributed by atoms with Gasteiger partial charge in [0.15, 0.2) is 0 Å². The first kappa shape index (κ1) is 15.8. The van der Waals surface area contributed by atoms with E-state index in [4.69, 9.17) is 0 Å². The minimum Gasteiger partial charge on any atom is -0.0715 e. The highest BCUT2D eigenvalue weighted by Crippen LogP contribution is 2.45. The third kappa shape index (κ3) is 2.22. The normalized spacial score (nSPS) is 19.5. The van der Waals surface area contributed by atoms with Crippen LogP contribution in [-0.4, -0.2) is 0 Å². The molecule has 6 rings (SSSR count). The maximum atomic E-state index is 3.58. The zero-order valence-corrected chi connectivity index (χ0v) is 15.9. The van der Waals surface area contributed by atoms with Crippen molar-refractivity contribution in [2.24, 2.45) is 11.8 Å².